The van der Waals surface area contributed by atoms with E-state index in [1.54, 1.807) is 11.8 Å². The van der Waals surface area contributed by atoms with E-state index >= 15 is 0 Å². The van der Waals surface area contributed by atoms with Gasteiger partial charge < -0.3 is 15.5 Å². The molecule has 1 heterocycles. The smallest absolute Gasteiger partial charge is 0.237 e. The number of likely N-dealkylation sites (N-methyl/N-ethyl adjacent to an activating group) is 1. The topological polar surface area (TPSA) is 83.7 Å². The lowest BCUT2D eigenvalue weighted by atomic mass is 10.3. The van der Waals surface area contributed by atoms with E-state index in [1.165, 1.54) is 0 Å². The molecule has 1 aliphatic rings. The van der Waals surface area contributed by atoms with Crippen molar-refractivity contribution in [2.45, 2.75) is 18.6 Å². The highest BCUT2D eigenvalue weighted by Crippen LogP contribution is 2.08. The minimum absolute atomic E-state index is 0.285. The highest BCUT2D eigenvalue weighted by atomic mass is 32.2. The molecule has 1 saturated heterocycles. The monoisotopic (exact) mass is 277 g/mol. The van der Waals surface area contributed by atoms with Gasteiger partial charge in [-0.3, -0.25) is 4.79 Å². The molecule has 6 nitrogen and oxygen atoms in total. The molecule has 1 fully saturated rings. The average molecular weight is 277 g/mol. The third kappa shape index (κ3) is 4.22. The predicted octanol–water partition coefficient (Wildman–Crippen LogP) is -1.09. The minimum atomic E-state index is -3.37. The lowest BCUT2D eigenvalue weighted by Crippen LogP contribution is -2.49. The van der Waals surface area contributed by atoms with Crippen LogP contribution in [0, 0.1) is 0 Å². The van der Waals surface area contributed by atoms with E-state index in [0.29, 0.717) is 26.1 Å². The van der Waals surface area contributed by atoms with Crippen LogP contribution < -0.4 is 5.73 Å². The van der Waals surface area contributed by atoms with Gasteiger partial charge in [0, 0.05) is 26.2 Å². The van der Waals surface area contributed by atoms with E-state index < -0.39 is 20.8 Å². The van der Waals surface area contributed by atoms with Crippen LogP contribution in [-0.4, -0.2) is 74.9 Å². The summed E-state index contributed by atoms with van der Waals surface area (Å²) in [6.07, 6.45) is 0.401. The Bertz CT molecular complexity index is 375. The van der Waals surface area contributed by atoms with Crippen LogP contribution >= 0.6 is 0 Å². The van der Waals surface area contributed by atoms with E-state index in [9.17, 15) is 13.2 Å². The van der Waals surface area contributed by atoms with Crippen molar-refractivity contribution in [3.8, 4) is 0 Å². The second-order valence-corrected chi connectivity index (χ2v) is 7.30. The molecule has 0 saturated carbocycles. The number of carbonyl (C=O) groups is 1. The molecule has 1 unspecified atom stereocenters. The third-order valence-corrected chi connectivity index (χ3v) is 5.48. The molecule has 0 aliphatic carbocycles. The molecule has 1 aliphatic heterocycles. The maximum atomic E-state index is 11.9. The molecule has 7 heteroatoms. The van der Waals surface area contributed by atoms with Gasteiger partial charge >= 0.3 is 0 Å². The predicted molar refractivity (Wildman–Crippen MR) is 71.0 cm³/mol. The van der Waals surface area contributed by atoms with E-state index in [2.05, 4.69) is 4.90 Å². The van der Waals surface area contributed by atoms with Gasteiger partial charge in [0.05, 0.1) is 5.25 Å². The van der Waals surface area contributed by atoms with Crippen molar-refractivity contribution in [1.29, 1.82) is 0 Å². The van der Waals surface area contributed by atoms with Gasteiger partial charge in [-0.2, -0.15) is 0 Å². The third-order valence-electron chi connectivity index (χ3n) is 3.37. The van der Waals surface area contributed by atoms with E-state index in [1.807, 2.05) is 7.05 Å². The van der Waals surface area contributed by atoms with Gasteiger partial charge in [0.1, 0.15) is 5.75 Å². The van der Waals surface area contributed by atoms with Crippen molar-refractivity contribution in [1.82, 2.24) is 9.80 Å². The second kappa shape index (κ2) is 6.49. The van der Waals surface area contributed by atoms with Crippen LogP contribution in [0.4, 0.5) is 0 Å². The van der Waals surface area contributed by atoms with Crippen LogP contribution in [0.15, 0.2) is 0 Å². The first kappa shape index (κ1) is 15.4. The van der Waals surface area contributed by atoms with Crippen LogP contribution in [-0.2, 0) is 14.6 Å². The van der Waals surface area contributed by atoms with Gasteiger partial charge in [-0.1, -0.05) is 0 Å². The van der Waals surface area contributed by atoms with Crippen LogP contribution in [0.25, 0.3) is 0 Å². The Morgan fingerprint density at radius 2 is 1.83 bits per heavy atom. The van der Waals surface area contributed by atoms with Gasteiger partial charge in [-0.05, 0) is 26.9 Å². The molecule has 1 rings (SSSR count). The summed E-state index contributed by atoms with van der Waals surface area (Å²) in [5, 5.41) is -0.543. The minimum Gasteiger partial charge on any atom is -0.339 e. The Kier molecular flexibility index (Phi) is 5.55. The maximum absolute atomic E-state index is 11.9. The first-order valence-corrected chi connectivity index (χ1v) is 7.96. The summed E-state index contributed by atoms with van der Waals surface area (Å²) in [6.45, 7) is 4.74. The molecule has 18 heavy (non-hydrogen) atoms. The van der Waals surface area contributed by atoms with Crippen LogP contribution in [0.3, 0.4) is 0 Å². The van der Waals surface area contributed by atoms with Crippen molar-refractivity contribution in [2.75, 3.05) is 45.5 Å². The summed E-state index contributed by atoms with van der Waals surface area (Å²) in [7, 11) is -1.38. The zero-order valence-corrected chi connectivity index (χ0v) is 11.9. The maximum Gasteiger partial charge on any atom is 0.237 e. The molecule has 0 bridgehead atoms. The summed E-state index contributed by atoms with van der Waals surface area (Å²) in [5.74, 6) is -0.676. The highest BCUT2D eigenvalue weighted by Gasteiger charge is 2.27. The molecule has 1 amide bonds. The Morgan fingerprint density at radius 3 is 2.33 bits per heavy atom. The number of nitrogens with two attached hydrogens (primary N) is 1. The molecule has 0 aromatic carbocycles. The summed E-state index contributed by atoms with van der Waals surface area (Å²) < 4.78 is 23.8. The quantitative estimate of drug-likeness (QED) is 0.690. The summed E-state index contributed by atoms with van der Waals surface area (Å²) in [6, 6.07) is 0. The molecule has 0 aromatic heterocycles. The Labute approximate surface area is 109 Å². The fraction of sp³-hybridized carbons (Fsp3) is 0.909. The van der Waals surface area contributed by atoms with E-state index in [-0.39, 0.29) is 5.91 Å². The van der Waals surface area contributed by atoms with Crippen molar-refractivity contribution in [3.05, 3.63) is 0 Å². The van der Waals surface area contributed by atoms with Crippen LogP contribution in [0.1, 0.15) is 13.3 Å². The Hall–Kier alpha value is -0.660. The number of hydrogen-bond acceptors (Lipinski definition) is 5. The molecule has 2 N–H and O–H groups in total. The fourth-order valence-corrected chi connectivity index (χ4v) is 3.18. The van der Waals surface area contributed by atoms with Gasteiger partial charge in [0.25, 0.3) is 0 Å². The van der Waals surface area contributed by atoms with Crippen molar-refractivity contribution >= 4 is 15.7 Å². The molecule has 0 aromatic rings. The lowest BCUT2D eigenvalue weighted by Gasteiger charge is -2.32. The molecular formula is C11H23N3O3S. The first-order chi connectivity index (χ1) is 8.36. The van der Waals surface area contributed by atoms with Crippen molar-refractivity contribution in [3.63, 3.8) is 0 Å². The number of sulfone groups is 1. The molecular weight excluding hydrogens is 254 g/mol. The number of amides is 1. The summed E-state index contributed by atoms with van der Waals surface area (Å²) >= 11 is 0. The molecule has 106 valence electrons. The summed E-state index contributed by atoms with van der Waals surface area (Å²) in [5.41, 5.74) is 5.35. The zero-order valence-electron chi connectivity index (χ0n) is 11.1. The van der Waals surface area contributed by atoms with Gasteiger partial charge in [-0.15, -0.1) is 0 Å². The molecule has 0 radical (unpaired) electrons. The molecule has 1 atom stereocenters. The number of nitrogens with zero attached hydrogens (tertiary/aromatic N) is 2. The second-order valence-electron chi connectivity index (χ2n) is 4.88. The number of hydrogen-bond donors (Lipinski definition) is 1. The zero-order chi connectivity index (χ0) is 13.8. The van der Waals surface area contributed by atoms with Crippen molar-refractivity contribution < 1.29 is 13.2 Å². The SMILES string of the molecule is CC(CCN)S(=O)(=O)CC(=O)N1CCN(C)CC1. The average Bonchev–Trinajstić information content (AvgIpc) is 2.29. The van der Waals surface area contributed by atoms with Gasteiger partial charge in [-0.25, -0.2) is 8.42 Å². The van der Waals surface area contributed by atoms with Crippen LogP contribution in [0.2, 0.25) is 0 Å². The van der Waals surface area contributed by atoms with Gasteiger partial charge in [0.15, 0.2) is 9.84 Å². The molecule has 0 spiro atoms. The summed E-state index contributed by atoms with van der Waals surface area (Å²) in [4.78, 5) is 15.7. The van der Waals surface area contributed by atoms with E-state index in [0.717, 1.165) is 13.1 Å². The highest BCUT2D eigenvalue weighted by molar-refractivity contribution is 7.92. The van der Waals surface area contributed by atoms with E-state index in [4.69, 9.17) is 5.73 Å². The normalized spacial score (nSPS) is 19.8. The number of piperazine rings is 1. The first-order valence-electron chi connectivity index (χ1n) is 6.24. The van der Waals surface area contributed by atoms with Crippen molar-refractivity contribution in [2.24, 2.45) is 5.73 Å². The Morgan fingerprint density at radius 1 is 1.28 bits per heavy atom. The Balaban J connectivity index is 2.53. The van der Waals surface area contributed by atoms with Crippen LogP contribution in [0.5, 0.6) is 0 Å². The standard InChI is InChI=1S/C11H23N3O3S/c1-10(3-4-12)18(16,17)9-11(15)14-7-5-13(2)6-8-14/h10H,3-9,12H2,1-2H3. The van der Waals surface area contributed by atoms with Gasteiger partial charge in [0.2, 0.25) is 5.91 Å². The fourth-order valence-electron chi connectivity index (χ4n) is 1.88. The number of rotatable bonds is 5. The lowest BCUT2D eigenvalue weighted by molar-refractivity contribution is -0.129. The largest absolute Gasteiger partial charge is 0.339 e. The number of carbonyl (C=O) groups excluding carboxylic acids is 1.